The number of esters is 1. The number of ether oxygens (including phenoxy) is 1. The molecule has 9 heteroatoms. The van der Waals surface area contributed by atoms with Crippen molar-refractivity contribution in [2.75, 3.05) is 13.2 Å². The van der Waals surface area contributed by atoms with Crippen molar-refractivity contribution < 1.29 is 24.4 Å². The number of hydrogen-bond donors (Lipinski definition) is 0. The molecule has 0 N–H and O–H groups in total. The number of rotatable bonds is 8. The Morgan fingerprint density at radius 3 is 2.40 bits per heavy atom. The highest BCUT2D eigenvalue weighted by Crippen LogP contribution is 2.04. The average Bonchev–Trinajstić information content (AvgIpc) is 2.38. The molecule has 1 atom stereocenters. The number of carbonyl (C=O) groups is 1. The number of carbonyl (C=O) groups excluding carboxylic acids is 1. The van der Waals surface area contributed by atoms with Gasteiger partial charge in [0.05, 0.1) is 12.2 Å². The van der Waals surface area contributed by atoms with Crippen molar-refractivity contribution in [2.45, 2.75) is 12.5 Å². The molecule has 0 aliphatic heterocycles. The quantitative estimate of drug-likeness (QED) is 0.397. The third-order valence-corrected chi connectivity index (χ3v) is 2.27. The van der Waals surface area contributed by atoms with Gasteiger partial charge in [-0.25, -0.2) is 4.79 Å². The topological polar surface area (TPSA) is 122 Å². The smallest absolute Gasteiger partial charge is 0.338 e. The second-order valence-electron chi connectivity index (χ2n) is 3.76. The first-order valence-corrected chi connectivity index (χ1v) is 5.64. The molecular weight excluding hydrogens is 272 g/mol. The molecule has 1 rings (SSSR count). The molecule has 1 aromatic rings. The molecule has 0 fully saturated rings. The molecule has 0 saturated carbocycles. The van der Waals surface area contributed by atoms with Crippen LogP contribution in [0.15, 0.2) is 30.3 Å². The number of nitro groups is 1. The van der Waals surface area contributed by atoms with E-state index in [4.69, 9.17) is 4.74 Å². The molecule has 20 heavy (non-hydrogen) atoms. The molecule has 0 aromatic heterocycles. The van der Waals surface area contributed by atoms with E-state index in [2.05, 4.69) is 4.84 Å². The van der Waals surface area contributed by atoms with Crippen molar-refractivity contribution >= 4 is 5.97 Å². The van der Waals surface area contributed by atoms with Gasteiger partial charge in [0.15, 0.2) is 6.10 Å². The van der Waals surface area contributed by atoms with Gasteiger partial charge < -0.3 is 9.57 Å². The van der Waals surface area contributed by atoms with Gasteiger partial charge in [-0.15, -0.1) is 10.1 Å². The van der Waals surface area contributed by atoms with Crippen molar-refractivity contribution in [3.63, 3.8) is 0 Å². The fourth-order valence-electron chi connectivity index (χ4n) is 1.41. The van der Waals surface area contributed by atoms with Gasteiger partial charge in [-0.2, -0.15) is 0 Å². The Kier molecular flexibility index (Phi) is 5.88. The molecule has 9 nitrogen and oxygen atoms in total. The van der Waals surface area contributed by atoms with E-state index in [-0.39, 0.29) is 13.0 Å². The predicted octanol–water partition coefficient (Wildman–Crippen LogP) is 1.09. The molecule has 0 amide bonds. The lowest BCUT2D eigenvalue weighted by molar-refractivity contribution is -0.774. The second kappa shape index (κ2) is 7.67. The maximum absolute atomic E-state index is 11.5. The summed E-state index contributed by atoms with van der Waals surface area (Å²) in [5.41, 5.74) is 0.327. The van der Waals surface area contributed by atoms with Gasteiger partial charge in [-0.05, 0) is 12.1 Å². The summed E-state index contributed by atoms with van der Waals surface area (Å²) in [7, 11) is 0. The van der Waals surface area contributed by atoms with Crippen LogP contribution in [0.1, 0.15) is 16.8 Å². The van der Waals surface area contributed by atoms with Crippen LogP contribution in [-0.2, 0) is 9.57 Å². The summed E-state index contributed by atoms with van der Waals surface area (Å²) in [6.07, 6.45) is -1.39. The Balaban J connectivity index is 2.41. The maximum Gasteiger partial charge on any atom is 0.338 e. The highest BCUT2D eigenvalue weighted by molar-refractivity contribution is 5.89. The van der Waals surface area contributed by atoms with E-state index in [1.807, 2.05) is 0 Å². The lowest BCUT2D eigenvalue weighted by Gasteiger charge is -2.10. The van der Waals surface area contributed by atoms with E-state index in [0.717, 1.165) is 0 Å². The monoisotopic (exact) mass is 284 g/mol. The van der Waals surface area contributed by atoms with Gasteiger partial charge in [-0.1, -0.05) is 18.2 Å². The third-order valence-electron chi connectivity index (χ3n) is 2.27. The van der Waals surface area contributed by atoms with Crippen LogP contribution < -0.4 is 0 Å². The van der Waals surface area contributed by atoms with Crippen molar-refractivity contribution in [3.8, 4) is 0 Å². The molecule has 0 radical (unpaired) electrons. The van der Waals surface area contributed by atoms with Crippen LogP contribution in [0.3, 0.4) is 0 Å². The predicted molar refractivity (Wildman–Crippen MR) is 65.1 cm³/mol. The lowest BCUT2D eigenvalue weighted by atomic mass is 10.2. The van der Waals surface area contributed by atoms with Crippen LogP contribution in [0.25, 0.3) is 0 Å². The van der Waals surface area contributed by atoms with E-state index >= 15 is 0 Å². The molecule has 108 valence electrons. The molecular formula is C11H12N2O7. The highest BCUT2D eigenvalue weighted by atomic mass is 17.0. The van der Waals surface area contributed by atoms with Gasteiger partial charge in [0, 0.05) is 11.3 Å². The summed E-state index contributed by atoms with van der Waals surface area (Å²) in [6, 6.07) is 8.13. The van der Waals surface area contributed by atoms with E-state index < -0.39 is 28.6 Å². The van der Waals surface area contributed by atoms with Gasteiger partial charge in [0.2, 0.25) is 6.54 Å². The standard InChI is InChI=1S/C11H12N2O7/c14-11(9-4-2-1-3-5-9)19-7-6-10(8-12(15)16)20-13(17)18/h1-5,10H,6-8H2/t10-/m1/s1. The fraction of sp³-hybridized carbons (Fsp3) is 0.364. The fourth-order valence-corrected chi connectivity index (χ4v) is 1.41. The van der Waals surface area contributed by atoms with Gasteiger partial charge in [0.1, 0.15) is 0 Å². The lowest BCUT2D eigenvalue weighted by Crippen LogP contribution is -2.27. The summed E-state index contributed by atoms with van der Waals surface area (Å²) in [6.45, 7) is -0.941. The van der Waals surface area contributed by atoms with Crippen LogP contribution in [-0.4, -0.2) is 35.2 Å². The van der Waals surface area contributed by atoms with Gasteiger partial charge in [-0.3, -0.25) is 10.1 Å². The van der Waals surface area contributed by atoms with Crippen LogP contribution in [0.5, 0.6) is 0 Å². The largest absolute Gasteiger partial charge is 0.462 e. The zero-order valence-electron chi connectivity index (χ0n) is 10.3. The van der Waals surface area contributed by atoms with Crippen molar-refractivity contribution in [1.29, 1.82) is 0 Å². The minimum absolute atomic E-state index is 0.138. The Morgan fingerprint density at radius 1 is 1.20 bits per heavy atom. The van der Waals surface area contributed by atoms with Gasteiger partial charge >= 0.3 is 5.97 Å². The first-order chi connectivity index (χ1) is 9.49. The molecule has 0 spiro atoms. The summed E-state index contributed by atoms with van der Waals surface area (Å²) >= 11 is 0. The van der Waals surface area contributed by atoms with Crippen LogP contribution in [0, 0.1) is 20.2 Å². The molecule has 1 aromatic carbocycles. The van der Waals surface area contributed by atoms with Crippen molar-refractivity contribution in [1.82, 2.24) is 0 Å². The van der Waals surface area contributed by atoms with Crippen LogP contribution in [0.4, 0.5) is 0 Å². The second-order valence-corrected chi connectivity index (χ2v) is 3.76. The highest BCUT2D eigenvalue weighted by Gasteiger charge is 2.20. The maximum atomic E-state index is 11.5. The summed E-state index contributed by atoms with van der Waals surface area (Å²) in [5.74, 6) is -0.605. The number of benzene rings is 1. The van der Waals surface area contributed by atoms with E-state index in [9.17, 15) is 25.0 Å². The summed E-state index contributed by atoms with van der Waals surface area (Å²) < 4.78 is 4.86. The first-order valence-electron chi connectivity index (χ1n) is 5.64. The van der Waals surface area contributed by atoms with E-state index in [1.54, 1.807) is 30.3 Å². The van der Waals surface area contributed by atoms with Gasteiger partial charge in [0.25, 0.3) is 5.09 Å². The third kappa shape index (κ3) is 5.76. The molecule has 0 bridgehead atoms. The SMILES string of the molecule is O=C(OCC[C@H](C[N+](=O)[O-])O[N+](=O)[O-])c1ccccc1. The summed E-state index contributed by atoms with van der Waals surface area (Å²) in [4.78, 5) is 35.4. The Morgan fingerprint density at radius 2 is 1.85 bits per heavy atom. The molecule has 0 unspecified atom stereocenters. The minimum atomic E-state index is -1.25. The average molecular weight is 284 g/mol. The zero-order chi connectivity index (χ0) is 15.0. The molecule has 0 aliphatic carbocycles. The van der Waals surface area contributed by atoms with Crippen LogP contribution in [0.2, 0.25) is 0 Å². The minimum Gasteiger partial charge on any atom is -0.462 e. The Bertz CT molecular complexity index is 461. The van der Waals surface area contributed by atoms with Crippen LogP contribution >= 0.6 is 0 Å². The number of hydrogen-bond acceptors (Lipinski definition) is 7. The summed E-state index contributed by atoms with van der Waals surface area (Å²) in [5, 5.41) is 19.4. The van der Waals surface area contributed by atoms with Crippen molar-refractivity contribution in [3.05, 3.63) is 56.1 Å². The molecule has 0 aliphatic rings. The van der Waals surface area contributed by atoms with Crippen molar-refractivity contribution in [2.24, 2.45) is 0 Å². The number of nitrogens with zero attached hydrogens (tertiary/aromatic N) is 2. The molecule has 0 saturated heterocycles. The normalized spacial score (nSPS) is 11.4. The first kappa shape index (κ1) is 15.3. The van der Waals surface area contributed by atoms with E-state index in [1.165, 1.54) is 0 Å². The Labute approximate surface area is 113 Å². The Hall–Kier alpha value is -2.71. The zero-order valence-corrected chi connectivity index (χ0v) is 10.3. The molecule has 0 heterocycles. The van der Waals surface area contributed by atoms with E-state index in [0.29, 0.717) is 5.56 Å².